The molecule has 1 aromatic rings. The third-order valence-corrected chi connectivity index (χ3v) is 6.09. The minimum absolute atomic E-state index is 0.261. The Hall–Kier alpha value is -0.880. The normalized spacial score (nSPS) is 22.8. The monoisotopic (exact) mass is 313 g/mol. The Labute approximate surface area is 128 Å². The van der Waals surface area contributed by atoms with Crippen molar-refractivity contribution in [3.05, 3.63) is 17.5 Å². The van der Waals surface area contributed by atoms with E-state index in [4.69, 9.17) is 0 Å². The van der Waals surface area contributed by atoms with E-state index >= 15 is 0 Å². The zero-order chi connectivity index (χ0) is 15.6. The molecule has 5 nitrogen and oxygen atoms in total. The lowest BCUT2D eigenvalue weighted by Crippen LogP contribution is -2.34. The summed E-state index contributed by atoms with van der Waals surface area (Å²) in [6.45, 7) is 7.10. The Balaban J connectivity index is 2.10. The molecule has 0 bridgehead atoms. The molecule has 1 aliphatic rings. The second kappa shape index (κ2) is 6.48. The molecule has 1 saturated heterocycles. The molecule has 21 heavy (non-hydrogen) atoms. The summed E-state index contributed by atoms with van der Waals surface area (Å²) < 4.78 is 25.5. The highest BCUT2D eigenvalue weighted by atomic mass is 32.2. The lowest BCUT2D eigenvalue weighted by molar-refractivity contribution is 0.328. The molecule has 0 saturated carbocycles. The van der Waals surface area contributed by atoms with Crippen LogP contribution in [0.15, 0.2) is 6.07 Å². The van der Waals surface area contributed by atoms with Gasteiger partial charge in [-0.1, -0.05) is 13.8 Å². The molecular formula is C15H27N3O2S. The van der Waals surface area contributed by atoms with E-state index in [0.29, 0.717) is 23.5 Å². The van der Waals surface area contributed by atoms with Crippen LogP contribution in [0, 0.1) is 18.8 Å². The molecule has 2 unspecified atom stereocenters. The van der Waals surface area contributed by atoms with Gasteiger partial charge in [-0.15, -0.1) is 0 Å². The average molecular weight is 313 g/mol. The molecule has 1 aromatic heterocycles. The number of hydrogen-bond donors (Lipinski definition) is 1. The van der Waals surface area contributed by atoms with Crippen LogP contribution < -0.4 is 5.32 Å². The Morgan fingerprint density at radius 1 is 1.48 bits per heavy atom. The summed E-state index contributed by atoms with van der Waals surface area (Å²) in [4.78, 5) is 0. The van der Waals surface area contributed by atoms with Crippen LogP contribution in [0.4, 0.5) is 0 Å². The molecule has 0 aromatic carbocycles. The highest BCUT2D eigenvalue weighted by Crippen LogP contribution is 2.28. The largest absolute Gasteiger partial charge is 0.314 e. The summed E-state index contributed by atoms with van der Waals surface area (Å²) >= 11 is 0. The lowest BCUT2D eigenvalue weighted by atomic mass is 9.87. The third kappa shape index (κ3) is 4.54. The van der Waals surface area contributed by atoms with Crippen molar-refractivity contribution in [3.63, 3.8) is 0 Å². The van der Waals surface area contributed by atoms with Crippen molar-refractivity contribution in [2.24, 2.45) is 18.9 Å². The first-order chi connectivity index (χ1) is 9.77. The summed E-state index contributed by atoms with van der Waals surface area (Å²) in [5.74, 6) is 1.30. The summed E-state index contributed by atoms with van der Waals surface area (Å²) in [7, 11) is -0.867. The van der Waals surface area contributed by atoms with E-state index in [1.807, 2.05) is 18.7 Å². The molecule has 120 valence electrons. The van der Waals surface area contributed by atoms with Crippen molar-refractivity contribution in [3.8, 4) is 0 Å². The van der Waals surface area contributed by atoms with Crippen molar-refractivity contribution in [1.82, 2.24) is 15.1 Å². The first-order valence-corrected chi connectivity index (χ1v) is 9.52. The second-order valence-corrected chi connectivity index (χ2v) is 8.82. The fourth-order valence-corrected chi connectivity index (χ4v) is 5.03. The minimum atomic E-state index is -2.83. The first-order valence-electron chi connectivity index (χ1n) is 7.70. The summed E-state index contributed by atoms with van der Waals surface area (Å²) in [6, 6.07) is 2.52. The number of hydrogen-bond acceptors (Lipinski definition) is 4. The average Bonchev–Trinajstić information content (AvgIpc) is 2.87. The van der Waals surface area contributed by atoms with Gasteiger partial charge in [-0.25, -0.2) is 8.42 Å². The number of rotatable bonds is 6. The molecule has 1 N–H and O–H groups in total. The number of aromatic nitrogens is 2. The summed E-state index contributed by atoms with van der Waals surface area (Å²) in [5.41, 5.74) is 2.20. The molecule has 1 aliphatic heterocycles. The third-order valence-electron chi connectivity index (χ3n) is 4.29. The van der Waals surface area contributed by atoms with Gasteiger partial charge in [0.05, 0.1) is 17.2 Å². The molecule has 0 radical (unpaired) electrons. The Kier molecular flexibility index (Phi) is 5.09. The van der Waals surface area contributed by atoms with E-state index in [9.17, 15) is 8.42 Å². The number of sulfone groups is 1. The summed E-state index contributed by atoms with van der Waals surface area (Å²) in [5, 5.41) is 7.86. The molecule has 6 heteroatoms. The minimum Gasteiger partial charge on any atom is -0.314 e. The Bertz CT molecular complexity index is 578. The van der Waals surface area contributed by atoms with Gasteiger partial charge in [-0.3, -0.25) is 4.68 Å². The van der Waals surface area contributed by atoms with Gasteiger partial charge < -0.3 is 5.32 Å². The van der Waals surface area contributed by atoms with Crippen LogP contribution in [0.5, 0.6) is 0 Å². The Morgan fingerprint density at radius 3 is 2.67 bits per heavy atom. The lowest BCUT2D eigenvalue weighted by Gasteiger charge is -2.24. The standard InChI is InChI=1S/C15H27N3O2S/c1-11(2)16-9-14(13-5-6-21(19,20)10-13)8-15-7-12(3)17-18(15)4/h7,11,13-14,16H,5-6,8-10H2,1-4H3. The van der Waals surface area contributed by atoms with Gasteiger partial charge in [-0.2, -0.15) is 5.10 Å². The highest BCUT2D eigenvalue weighted by Gasteiger charge is 2.34. The molecule has 2 rings (SSSR count). The first kappa shape index (κ1) is 16.5. The second-order valence-electron chi connectivity index (χ2n) is 6.59. The highest BCUT2D eigenvalue weighted by molar-refractivity contribution is 7.91. The molecule has 2 heterocycles. The van der Waals surface area contributed by atoms with Gasteiger partial charge in [0.2, 0.25) is 0 Å². The van der Waals surface area contributed by atoms with Gasteiger partial charge in [0.15, 0.2) is 9.84 Å². The SMILES string of the molecule is Cc1cc(CC(CNC(C)C)C2CCS(=O)(=O)C2)n(C)n1. The fraction of sp³-hybridized carbons (Fsp3) is 0.800. The van der Waals surface area contributed by atoms with Gasteiger partial charge in [-0.05, 0) is 44.2 Å². The van der Waals surface area contributed by atoms with Crippen molar-refractivity contribution in [2.45, 2.75) is 39.7 Å². The van der Waals surface area contributed by atoms with E-state index in [1.165, 1.54) is 5.69 Å². The maximum atomic E-state index is 11.8. The maximum absolute atomic E-state index is 11.8. The van der Waals surface area contributed by atoms with Gasteiger partial charge in [0, 0.05) is 18.8 Å². The predicted octanol–water partition coefficient (Wildman–Crippen LogP) is 1.32. The summed E-state index contributed by atoms with van der Waals surface area (Å²) in [6.07, 6.45) is 1.68. The van der Waals surface area contributed by atoms with Crippen molar-refractivity contribution in [1.29, 1.82) is 0 Å². The van der Waals surface area contributed by atoms with E-state index < -0.39 is 9.84 Å². The predicted molar refractivity (Wildman–Crippen MR) is 85.0 cm³/mol. The van der Waals surface area contributed by atoms with Crippen LogP contribution in [0.2, 0.25) is 0 Å². The maximum Gasteiger partial charge on any atom is 0.150 e. The van der Waals surface area contributed by atoms with Crippen LogP contribution in [0.1, 0.15) is 31.7 Å². The molecule has 0 amide bonds. The zero-order valence-electron chi connectivity index (χ0n) is 13.5. The molecule has 0 spiro atoms. The van der Waals surface area contributed by atoms with Gasteiger partial charge >= 0.3 is 0 Å². The van der Waals surface area contributed by atoms with Crippen LogP contribution in [-0.4, -0.2) is 42.3 Å². The quantitative estimate of drug-likeness (QED) is 0.860. The van der Waals surface area contributed by atoms with Crippen molar-refractivity contribution in [2.75, 3.05) is 18.1 Å². The van der Waals surface area contributed by atoms with Crippen LogP contribution >= 0.6 is 0 Å². The molecule has 2 atom stereocenters. The van der Waals surface area contributed by atoms with Gasteiger partial charge in [0.1, 0.15) is 0 Å². The molecule has 0 aliphatic carbocycles. The Morgan fingerprint density at radius 2 is 2.19 bits per heavy atom. The number of aryl methyl sites for hydroxylation is 2. The van der Waals surface area contributed by atoms with E-state index in [0.717, 1.165) is 25.1 Å². The van der Waals surface area contributed by atoms with Crippen molar-refractivity contribution >= 4 is 9.84 Å². The van der Waals surface area contributed by atoms with Crippen LogP contribution in [0.3, 0.4) is 0 Å². The number of nitrogens with zero attached hydrogens (tertiary/aromatic N) is 2. The number of nitrogens with one attached hydrogen (secondary N) is 1. The smallest absolute Gasteiger partial charge is 0.150 e. The van der Waals surface area contributed by atoms with Crippen LogP contribution in [-0.2, 0) is 23.3 Å². The van der Waals surface area contributed by atoms with E-state index in [1.54, 1.807) is 0 Å². The van der Waals surface area contributed by atoms with E-state index in [2.05, 4.69) is 30.3 Å². The molecule has 1 fully saturated rings. The zero-order valence-corrected chi connectivity index (χ0v) is 14.3. The molecular weight excluding hydrogens is 286 g/mol. The topological polar surface area (TPSA) is 64.0 Å². The van der Waals surface area contributed by atoms with Crippen molar-refractivity contribution < 1.29 is 8.42 Å². The van der Waals surface area contributed by atoms with E-state index in [-0.39, 0.29) is 5.92 Å². The van der Waals surface area contributed by atoms with Gasteiger partial charge in [0.25, 0.3) is 0 Å². The van der Waals surface area contributed by atoms with Crippen LogP contribution in [0.25, 0.3) is 0 Å². The fourth-order valence-electron chi connectivity index (χ4n) is 3.11.